The smallest absolute Gasteiger partial charge is 0.340 e. The third-order valence-electron chi connectivity index (χ3n) is 3.96. The third kappa shape index (κ3) is 5.01. The van der Waals surface area contributed by atoms with Gasteiger partial charge in [0.2, 0.25) is 0 Å². The van der Waals surface area contributed by atoms with Crippen molar-refractivity contribution in [3.8, 4) is 11.5 Å². The fraction of sp³-hybridized carbons (Fsp3) is 0.316. The highest BCUT2D eigenvalue weighted by molar-refractivity contribution is 7.80. The Labute approximate surface area is 169 Å². The van der Waals surface area contributed by atoms with E-state index in [0.29, 0.717) is 34.5 Å². The van der Waals surface area contributed by atoms with Crippen LogP contribution < -0.4 is 20.2 Å². The van der Waals surface area contributed by atoms with Crippen LogP contribution in [-0.4, -0.2) is 43.1 Å². The number of hydrazone groups is 1. The topological polar surface area (TPSA) is 97.0 Å². The molecule has 0 bridgehead atoms. The van der Waals surface area contributed by atoms with Gasteiger partial charge >= 0.3 is 5.97 Å². The van der Waals surface area contributed by atoms with E-state index in [-0.39, 0.29) is 5.97 Å². The number of nitrogens with zero attached hydrogens (tertiary/aromatic N) is 1. The normalized spacial score (nSPS) is 10.6. The average Bonchev–Trinajstić information content (AvgIpc) is 2.95. The van der Waals surface area contributed by atoms with Crippen LogP contribution in [0.25, 0.3) is 0 Å². The standard InChI is InChI=1S/C19H24N4O4S/c1-6-27-18(24)17-11(2)14(21-12(17)3)10-20-23-19(28)22-13-7-8-15(25-4)16(9-13)26-5/h7-10,21H,6H2,1-5H3,(H2,22,23,28)/b20-10+. The summed E-state index contributed by atoms with van der Waals surface area (Å²) >= 11 is 5.24. The Morgan fingerprint density at radius 2 is 1.96 bits per heavy atom. The first-order chi connectivity index (χ1) is 13.4. The zero-order chi connectivity index (χ0) is 20.7. The van der Waals surface area contributed by atoms with E-state index < -0.39 is 0 Å². The van der Waals surface area contributed by atoms with Gasteiger partial charge in [0.1, 0.15) is 0 Å². The lowest BCUT2D eigenvalue weighted by molar-refractivity contribution is 0.0525. The number of H-pyrrole nitrogens is 1. The molecule has 0 saturated heterocycles. The Balaban J connectivity index is 2.02. The van der Waals surface area contributed by atoms with Crippen LogP contribution in [0.2, 0.25) is 0 Å². The monoisotopic (exact) mass is 404 g/mol. The number of aryl methyl sites for hydroxylation is 1. The highest BCUT2D eigenvalue weighted by Crippen LogP contribution is 2.29. The lowest BCUT2D eigenvalue weighted by atomic mass is 10.1. The van der Waals surface area contributed by atoms with E-state index in [9.17, 15) is 4.79 Å². The second-order valence-electron chi connectivity index (χ2n) is 5.78. The molecule has 1 heterocycles. The molecule has 0 atom stereocenters. The Morgan fingerprint density at radius 3 is 2.61 bits per heavy atom. The number of anilines is 1. The van der Waals surface area contributed by atoms with E-state index in [0.717, 1.165) is 16.9 Å². The molecule has 0 radical (unpaired) electrons. The molecular weight excluding hydrogens is 380 g/mol. The number of thiocarbonyl (C=S) groups is 1. The number of aromatic amines is 1. The minimum Gasteiger partial charge on any atom is -0.493 e. The largest absolute Gasteiger partial charge is 0.493 e. The van der Waals surface area contributed by atoms with Gasteiger partial charge in [-0.15, -0.1) is 0 Å². The summed E-state index contributed by atoms with van der Waals surface area (Å²) in [5.41, 5.74) is 6.17. The van der Waals surface area contributed by atoms with Gasteiger partial charge < -0.3 is 24.5 Å². The van der Waals surface area contributed by atoms with Crippen molar-refractivity contribution in [3.63, 3.8) is 0 Å². The summed E-state index contributed by atoms with van der Waals surface area (Å²) < 4.78 is 15.5. The SMILES string of the molecule is CCOC(=O)c1c(C)[nH]c(/C=N/NC(=S)Nc2ccc(OC)c(OC)c2)c1C. The predicted molar refractivity (Wildman–Crippen MR) is 113 cm³/mol. The molecule has 150 valence electrons. The summed E-state index contributed by atoms with van der Waals surface area (Å²) in [6, 6.07) is 5.35. The van der Waals surface area contributed by atoms with Gasteiger partial charge in [0.15, 0.2) is 16.6 Å². The van der Waals surface area contributed by atoms with Gasteiger partial charge in [-0.3, -0.25) is 5.43 Å². The molecular formula is C19H24N4O4S. The Hall–Kier alpha value is -3.07. The molecule has 0 spiro atoms. The molecule has 1 aromatic heterocycles. The molecule has 28 heavy (non-hydrogen) atoms. The molecule has 2 aromatic rings. The molecule has 0 aliphatic rings. The number of hydrogen-bond donors (Lipinski definition) is 3. The maximum Gasteiger partial charge on any atom is 0.340 e. The van der Waals surface area contributed by atoms with E-state index in [1.807, 2.05) is 19.9 Å². The first-order valence-corrected chi connectivity index (χ1v) is 9.00. The average molecular weight is 404 g/mol. The summed E-state index contributed by atoms with van der Waals surface area (Å²) in [6.45, 7) is 5.74. The number of methoxy groups -OCH3 is 2. The number of hydrogen-bond acceptors (Lipinski definition) is 6. The molecule has 0 fully saturated rings. The van der Waals surface area contributed by atoms with Crippen LogP contribution >= 0.6 is 12.2 Å². The van der Waals surface area contributed by atoms with Gasteiger partial charge in [0, 0.05) is 17.4 Å². The van der Waals surface area contributed by atoms with E-state index in [1.54, 1.807) is 39.5 Å². The van der Waals surface area contributed by atoms with Crippen molar-refractivity contribution in [1.82, 2.24) is 10.4 Å². The van der Waals surface area contributed by atoms with Crippen LogP contribution in [0.15, 0.2) is 23.3 Å². The van der Waals surface area contributed by atoms with Crippen molar-refractivity contribution in [2.75, 3.05) is 26.1 Å². The highest BCUT2D eigenvalue weighted by atomic mass is 32.1. The number of ether oxygens (including phenoxy) is 3. The Morgan fingerprint density at radius 1 is 1.25 bits per heavy atom. The zero-order valence-electron chi connectivity index (χ0n) is 16.5. The van der Waals surface area contributed by atoms with Gasteiger partial charge in [0.25, 0.3) is 0 Å². The highest BCUT2D eigenvalue weighted by Gasteiger charge is 2.18. The Bertz CT molecular complexity index is 892. The predicted octanol–water partition coefficient (Wildman–Crippen LogP) is 3.15. The molecule has 0 aliphatic heterocycles. The molecule has 0 saturated carbocycles. The summed E-state index contributed by atoms with van der Waals surface area (Å²) in [7, 11) is 3.14. The molecule has 0 aliphatic carbocycles. The summed E-state index contributed by atoms with van der Waals surface area (Å²) in [5, 5.41) is 7.42. The lowest BCUT2D eigenvalue weighted by Gasteiger charge is -2.11. The number of rotatable bonds is 7. The van der Waals surface area contributed by atoms with Gasteiger partial charge in [-0.2, -0.15) is 5.10 Å². The number of nitrogens with one attached hydrogen (secondary N) is 3. The van der Waals surface area contributed by atoms with E-state index in [2.05, 4.69) is 20.8 Å². The lowest BCUT2D eigenvalue weighted by Crippen LogP contribution is -2.23. The van der Waals surface area contributed by atoms with Crippen molar-refractivity contribution in [3.05, 3.63) is 40.7 Å². The van der Waals surface area contributed by atoms with Crippen LogP contribution in [-0.2, 0) is 4.74 Å². The van der Waals surface area contributed by atoms with Gasteiger partial charge in [0.05, 0.1) is 38.3 Å². The fourth-order valence-electron chi connectivity index (χ4n) is 2.64. The van der Waals surface area contributed by atoms with Gasteiger partial charge in [-0.25, -0.2) is 4.79 Å². The summed E-state index contributed by atoms with van der Waals surface area (Å²) in [6.07, 6.45) is 1.56. The van der Waals surface area contributed by atoms with Crippen molar-refractivity contribution >= 4 is 35.2 Å². The molecule has 8 nitrogen and oxygen atoms in total. The minimum atomic E-state index is -0.355. The number of carbonyl (C=O) groups excluding carboxylic acids is 1. The van der Waals surface area contributed by atoms with Crippen molar-refractivity contribution in [2.45, 2.75) is 20.8 Å². The first kappa shape index (κ1) is 21.2. The van der Waals surface area contributed by atoms with Crippen LogP contribution in [0, 0.1) is 13.8 Å². The summed E-state index contributed by atoms with van der Waals surface area (Å²) in [4.78, 5) is 15.1. The van der Waals surface area contributed by atoms with Crippen LogP contribution in [0.1, 0.15) is 34.2 Å². The number of aromatic nitrogens is 1. The molecule has 0 amide bonds. The van der Waals surface area contributed by atoms with Crippen molar-refractivity contribution in [1.29, 1.82) is 0 Å². The second-order valence-corrected chi connectivity index (χ2v) is 6.19. The zero-order valence-corrected chi connectivity index (χ0v) is 17.3. The quantitative estimate of drug-likeness (QED) is 0.282. The van der Waals surface area contributed by atoms with Crippen LogP contribution in [0.3, 0.4) is 0 Å². The minimum absolute atomic E-state index is 0.301. The molecule has 1 aromatic carbocycles. The molecule has 0 unspecified atom stereocenters. The van der Waals surface area contributed by atoms with Crippen molar-refractivity contribution < 1.29 is 19.0 Å². The maximum atomic E-state index is 12.0. The van der Waals surface area contributed by atoms with Gasteiger partial charge in [-0.1, -0.05) is 0 Å². The number of esters is 1. The summed E-state index contributed by atoms with van der Waals surface area (Å²) in [5.74, 6) is 0.856. The number of carbonyl (C=O) groups is 1. The van der Waals surface area contributed by atoms with Crippen LogP contribution in [0.4, 0.5) is 5.69 Å². The third-order valence-corrected chi connectivity index (χ3v) is 4.15. The van der Waals surface area contributed by atoms with E-state index in [1.165, 1.54) is 0 Å². The Kier molecular flexibility index (Phi) is 7.39. The van der Waals surface area contributed by atoms with E-state index >= 15 is 0 Å². The fourth-order valence-corrected chi connectivity index (χ4v) is 2.81. The second kappa shape index (κ2) is 9.75. The van der Waals surface area contributed by atoms with Crippen LogP contribution in [0.5, 0.6) is 11.5 Å². The molecule has 9 heteroatoms. The number of benzene rings is 1. The first-order valence-electron chi connectivity index (χ1n) is 8.59. The van der Waals surface area contributed by atoms with E-state index in [4.69, 9.17) is 26.4 Å². The molecule has 3 N–H and O–H groups in total. The van der Waals surface area contributed by atoms with Gasteiger partial charge in [-0.05, 0) is 50.7 Å². The van der Waals surface area contributed by atoms with Crippen molar-refractivity contribution in [2.24, 2.45) is 5.10 Å². The molecule has 2 rings (SSSR count). The maximum absolute atomic E-state index is 12.0.